The van der Waals surface area contributed by atoms with Crippen LogP contribution in [-0.2, 0) is 6.42 Å². The number of allylic oxidation sites excluding steroid dienone is 9. The summed E-state index contributed by atoms with van der Waals surface area (Å²) in [6, 6.07) is 9.50. The van der Waals surface area contributed by atoms with Gasteiger partial charge in [-0.2, -0.15) is 0 Å². The first-order chi connectivity index (χ1) is 19.9. The van der Waals surface area contributed by atoms with E-state index in [9.17, 15) is 0 Å². The van der Waals surface area contributed by atoms with Crippen LogP contribution in [0.15, 0.2) is 106 Å². The SMILES string of the molecule is C=C/C=C(\C=C(/C)N)CN1CCC(Cc2ccc(N3C4=C(C=CCC=C4)SC4=C3C(C)CCC4)cc2)CC1.CCC. The van der Waals surface area contributed by atoms with E-state index < -0.39 is 0 Å². The lowest BCUT2D eigenvalue weighted by Gasteiger charge is -2.40. The Morgan fingerprint density at radius 1 is 1.07 bits per heavy atom. The molecular formula is C37H51N3S. The van der Waals surface area contributed by atoms with Gasteiger partial charge in [-0.25, -0.2) is 0 Å². The van der Waals surface area contributed by atoms with Crippen LogP contribution in [-0.4, -0.2) is 24.5 Å². The van der Waals surface area contributed by atoms with Gasteiger partial charge in [0.1, 0.15) is 0 Å². The zero-order valence-corrected chi connectivity index (χ0v) is 26.7. The third-order valence-corrected chi connectivity index (χ3v) is 9.38. The summed E-state index contributed by atoms with van der Waals surface area (Å²) >= 11 is 2.01. The number of rotatable bonds is 7. The first-order valence-electron chi connectivity index (χ1n) is 15.8. The monoisotopic (exact) mass is 569 g/mol. The maximum absolute atomic E-state index is 5.93. The molecule has 1 aromatic rings. The Morgan fingerprint density at radius 3 is 2.46 bits per heavy atom. The van der Waals surface area contributed by atoms with Gasteiger partial charge in [-0.05, 0) is 118 Å². The van der Waals surface area contributed by atoms with E-state index in [1.54, 1.807) is 4.91 Å². The molecule has 41 heavy (non-hydrogen) atoms. The standard InChI is InChI=1S/C34H43N3S.C3H8/c1-4-9-29(22-26(3)35)24-36-20-18-28(19-21-36)23-27-14-16-30(17-15-27)37-31-11-6-5-7-12-32(31)38-33-13-8-10-25(2)34(33)37;1-3-2/h4,6-7,9,11-12,14-17,22,25,28H,1,5,8,10,13,18-21,23-24,35H2,2-3H3;3H2,1-2H3/b26-22+,29-9+;. The van der Waals surface area contributed by atoms with Crippen molar-refractivity contribution in [2.45, 2.75) is 79.1 Å². The third-order valence-electron chi connectivity index (χ3n) is 8.16. The number of likely N-dealkylation sites (tertiary alicyclic amines) is 1. The van der Waals surface area contributed by atoms with Crippen molar-refractivity contribution in [3.05, 3.63) is 111 Å². The van der Waals surface area contributed by atoms with Crippen molar-refractivity contribution in [1.82, 2.24) is 4.90 Å². The summed E-state index contributed by atoms with van der Waals surface area (Å²) in [6.07, 6.45) is 25.0. The molecule has 0 amide bonds. The molecule has 3 nitrogen and oxygen atoms in total. The van der Waals surface area contributed by atoms with E-state index in [-0.39, 0.29) is 0 Å². The quantitative estimate of drug-likeness (QED) is 0.331. The van der Waals surface area contributed by atoms with Crippen LogP contribution in [0.1, 0.15) is 78.2 Å². The lowest BCUT2D eigenvalue weighted by atomic mass is 9.89. The van der Waals surface area contributed by atoms with Crippen molar-refractivity contribution in [3.63, 3.8) is 0 Å². The van der Waals surface area contributed by atoms with E-state index in [1.165, 1.54) is 78.1 Å². The van der Waals surface area contributed by atoms with E-state index in [1.807, 2.05) is 24.8 Å². The van der Waals surface area contributed by atoms with Crippen molar-refractivity contribution in [3.8, 4) is 0 Å². The van der Waals surface area contributed by atoms with Gasteiger partial charge < -0.3 is 10.6 Å². The predicted molar refractivity (Wildman–Crippen MR) is 182 cm³/mol. The van der Waals surface area contributed by atoms with Crippen LogP contribution in [0.5, 0.6) is 0 Å². The molecule has 0 aromatic heterocycles. The number of thioether (sulfide) groups is 1. The van der Waals surface area contributed by atoms with Gasteiger partial charge in [-0.1, -0.05) is 82.0 Å². The van der Waals surface area contributed by atoms with Gasteiger partial charge in [-0.15, -0.1) is 0 Å². The molecule has 0 radical (unpaired) electrons. The van der Waals surface area contributed by atoms with Gasteiger partial charge in [0.25, 0.3) is 0 Å². The molecule has 4 heteroatoms. The lowest BCUT2D eigenvalue weighted by molar-refractivity contribution is 0.198. The Hall–Kier alpha value is -2.69. The summed E-state index contributed by atoms with van der Waals surface area (Å²) in [4.78, 5) is 8.09. The predicted octanol–water partition coefficient (Wildman–Crippen LogP) is 9.64. The zero-order chi connectivity index (χ0) is 29.2. The van der Waals surface area contributed by atoms with E-state index >= 15 is 0 Å². The first kappa shape index (κ1) is 31.3. The van der Waals surface area contributed by atoms with Crippen molar-refractivity contribution in [1.29, 1.82) is 0 Å². The van der Waals surface area contributed by atoms with Gasteiger partial charge in [0.2, 0.25) is 0 Å². The summed E-state index contributed by atoms with van der Waals surface area (Å²) in [6.45, 7) is 15.7. The minimum Gasteiger partial charge on any atom is -0.402 e. The molecule has 1 atom stereocenters. The Labute approximate surface area is 254 Å². The smallest absolute Gasteiger partial charge is 0.0595 e. The number of hydrogen-bond acceptors (Lipinski definition) is 4. The molecule has 2 aliphatic heterocycles. The second-order valence-electron chi connectivity index (χ2n) is 12.0. The average Bonchev–Trinajstić information content (AvgIpc) is 3.19. The highest BCUT2D eigenvalue weighted by atomic mass is 32.2. The Balaban J connectivity index is 0.00000124. The molecule has 1 aromatic carbocycles. The van der Waals surface area contributed by atoms with E-state index in [2.05, 4.69) is 97.9 Å². The van der Waals surface area contributed by atoms with Crippen LogP contribution in [0, 0.1) is 11.8 Å². The Kier molecular flexibility index (Phi) is 11.8. The fourth-order valence-electron chi connectivity index (χ4n) is 6.28. The summed E-state index contributed by atoms with van der Waals surface area (Å²) < 4.78 is 0. The third kappa shape index (κ3) is 8.42. The van der Waals surface area contributed by atoms with E-state index in [0.717, 1.165) is 37.7 Å². The fourth-order valence-corrected chi connectivity index (χ4v) is 7.62. The van der Waals surface area contributed by atoms with Crippen LogP contribution in [0.4, 0.5) is 5.69 Å². The van der Waals surface area contributed by atoms with Crippen LogP contribution >= 0.6 is 11.8 Å². The van der Waals surface area contributed by atoms with Gasteiger partial charge in [0, 0.05) is 33.4 Å². The molecule has 0 saturated carbocycles. The minimum atomic E-state index is 0.594. The Bertz CT molecular complexity index is 1220. The topological polar surface area (TPSA) is 32.5 Å². The van der Waals surface area contributed by atoms with Crippen LogP contribution in [0.25, 0.3) is 0 Å². The molecule has 0 bridgehead atoms. The summed E-state index contributed by atoms with van der Waals surface area (Å²) in [5.41, 5.74) is 13.7. The van der Waals surface area contributed by atoms with Crippen molar-refractivity contribution >= 4 is 17.4 Å². The van der Waals surface area contributed by atoms with Crippen LogP contribution < -0.4 is 10.6 Å². The molecule has 2 N–H and O–H groups in total. The normalized spacial score (nSPS) is 22.1. The highest BCUT2D eigenvalue weighted by molar-refractivity contribution is 8.07. The number of anilines is 1. The largest absolute Gasteiger partial charge is 0.402 e. The number of hydrogen-bond donors (Lipinski definition) is 1. The van der Waals surface area contributed by atoms with Gasteiger partial charge in [-0.3, -0.25) is 4.90 Å². The van der Waals surface area contributed by atoms with Crippen molar-refractivity contribution < 1.29 is 0 Å². The number of piperidine rings is 1. The Morgan fingerprint density at radius 2 is 1.78 bits per heavy atom. The van der Waals surface area contributed by atoms with Gasteiger partial charge in [0.15, 0.2) is 0 Å². The molecule has 2 aliphatic carbocycles. The van der Waals surface area contributed by atoms with Crippen LogP contribution in [0.2, 0.25) is 0 Å². The van der Waals surface area contributed by atoms with E-state index in [4.69, 9.17) is 5.73 Å². The number of nitrogens with zero attached hydrogens (tertiary/aromatic N) is 2. The fraction of sp³-hybridized carbons (Fsp3) is 0.459. The molecule has 1 saturated heterocycles. The molecule has 1 unspecified atom stereocenters. The van der Waals surface area contributed by atoms with E-state index in [0.29, 0.717) is 5.92 Å². The second-order valence-corrected chi connectivity index (χ2v) is 13.1. The highest BCUT2D eigenvalue weighted by Gasteiger charge is 2.33. The number of benzene rings is 1. The molecule has 1 fully saturated rings. The summed E-state index contributed by atoms with van der Waals surface area (Å²) in [5, 5.41) is 0. The van der Waals surface area contributed by atoms with Crippen LogP contribution in [0.3, 0.4) is 0 Å². The first-order valence-corrected chi connectivity index (χ1v) is 16.6. The van der Waals surface area contributed by atoms with Gasteiger partial charge >= 0.3 is 0 Å². The maximum atomic E-state index is 5.93. The average molecular weight is 570 g/mol. The highest BCUT2D eigenvalue weighted by Crippen LogP contribution is 2.50. The van der Waals surface area contributed by atoms with Gasteiger partial charge in [0.05, 0.1) is 5.70 Å². The molecule has 0 spiro atoms. The maximum Gasteiger partial charge on any atom is 0.0595 e. The molecule has 220 valence electrons. The molecular weight excluding hydrogens is 518 g/mol. The molecule has 5 rings (SSSR count). The lowest BCUT2D eigenvalue weighted by Crippen LogP contribution is -2.35. The summed E-state index contributed by atoms with van der Waals surface area (Å²) in [5.74, 6) is 1.34. The molecule has 2 heterocycles. The van der Waals surface area contributed by atoms with Crippen molar-refractivity contribution in [2.24, 2.45) is 17.6 Å². The zero-order valence-electron chi connectivity index (χ0n) is 25.9. The minimum absolute atomic E-state index is 0.594. The summed E-state index contributed by atoms with van der Waals surface area (Å²) in [7, 11) is 0. The second kappa shape index (κ2) is 15.5. The number of nitrogens with two attached hydrogens (primary N) is 1. The molecule has 4 aliphatic rings. The van der Waals surface area contributed by atoms with Crippen molar-refractivity contribution in [2.75, 3.05) is 24.5 Å².